The van der Waals surface area contributed by atoms with Crippen molar-refractivity contribution in [3.05, 3.63) is 0 Å². The number of likely N-dealkylation sites (tertiary alicyclic amines) is 1. The lowest BCUT2D eigenvalue weighted by atomic mass is 9.98. The molecule has 0 radical (unpaired) electrons. The highest BCUT2D eigenvalue weighted by atomic mass is 16.2. The monoisotopic (exact) mass is 256 g/mol. The number of hydrogen-bond acceptors (Lipinski definition) is 3. The van der Waals surface area contributed by atoms with E-state index in [1.54, 1.807) is 0 Å². The number of nitrogens with one attached hydrogen (secondary N) is 2. The fourth-order valence-corrected chi connectivity index (χ4v) is 2.11. The molecule has 0 saturated carbocycles. The average molecular weight is 256 g/mol. The molecule has 6 heteroatoms. The Morgan fingerprint density at radius 1 is 1.44 bits per heavy atom. The SMILES string of the molecule is CC(C)NCC(=O)N1CCCC(CNC(N)=O)C1. The van der Waals surface area contributed by atoms with Crippen molar-refractivity contribution in [1.29, 1.82) is 0 Å². The summed E-state index contributed by atoms with van der Waals surface area (Å²) in [5, 5.41) is 5.74. The summed E-state index contributed by atoms with van der Waals surface area (Å²) in [6.07, 6.45) is 2.01. The molecule has 1 saturated heterocycles. The third-order valence-electron chi connectivity index (χ3n) is 3.10. The molecule has 1 unspecified atom stereocenters. The molecule has 1 heterocycles. The molecule has 0 aromatic rings. The van der Waals surface area contributed by atoms with Gasteiger partial charge in [-0.2, -0.15) is 0 Å². The van der Waals surface area contributed by atoms with Crippen molar-refractivity contribution in [1.82, 2.24) is 15.5 Å². The van der Waals surface area contributed by atoms with Crippen LogP contribution in [0, 0.1) is 5.92 Å². The van der Waals surface area contributed by atoms with Gasteiger partial charge in [0.25, 0.3) is 0 Å². The molecule has 104 valence electrons. The van der Waals surface area contributed by atoms with E-state index in [-0.39, 0.29) is 5.91 Å². The summed E-state index contributed by atoms with van der Waals surface area (Å²) >= 11 is 0. The minimum Gasteiger partial charge on any atom is -0.352 e. The maximum atomic E-state index is 11.9. The van der Waals surface area contributed by atoms with Crippen molar-refractivity contribution in [3.63, 3.8) is 0 Å². The summed E-state index contributed by atoms with van der Waals surface area (Å²) < 4.78 is 0. The van der Waals surface area contributed by atoms with Crippen molar-refractivity contribution < 1.29 is 9.59 Å². The molecule has 0 spiro atoms. The number of primary amides is 1. The van der Waals surface area contributed by atoms with Crippen molar-refractivity contribution in [2.24, 2.45) is 11.7 Å². The lowest BCUT2D eigenvalue weighted by Crippen LogP contribution is -2.47. The van der Waals surface area contributed by atoms with Gasteiger partial charge < -0.3 is 21.3 Å². The molecule has 0 aliphatic carbocycles. The normalized spacial score (nSPS) is 19.9. The smallest absolute Gasteiger partial charge is 0.312 e. The summed E-state index contributed by atoms with van der Waals surface area (Å²) in [6.45, 7) is 6.49. The zero-order valence-electron chi connectivity index (χ0n) is 11.2. The number of amides is 3. The van der Waals surface area contributed by atoms with E-state index in [0.717, 1.165) is 19.4 Å². The number of hydrogen-bond donors (Lipinski definition) is 3. The fraction of sp³-hybridized carbons (Fsp3) is 0.833. The van der Waals surface area contributed by atoms with E-state index in [1.165, 1.54) is 0 Å². The molecule has 18 heavy (non-hydrogen) atoms. The van der Waals surface area contributed by atoms with Crippen LogP contribution in [0.2, 0.25) is 0 Å². The fourth-order valence-electron chi connectivity index (χ4n) is 2.11. The van der Waals surface area contributed by atoms with Gasteiger partial charge in [0.15, 0.2) is 0 Å². The first-order chi connectivity index (χ1) is 8.49. The Kier molecular flexibility index (Phi) is 5.91. The Morgan fingerprint density at radius 3 is 2.78 bits per heavy atom. The Hall–Kier alpha value is -1.30. The van der Waals surface area contributed by atoms with Crippen molar-refractivity contribution in [2.75, 3.05) is 26.2 Å². The molecule has 6 nitrogen and oxygen atoms in total. The molecular weight excluding hydrogens is 232 g/mol. The number of carbonyl (C=O) groups excluding carboxylic acids is 2. The van der Waals surface area contributed by atoms with Crippen LogP contribution in [0.4, 0.5) is 4.79 Å². The Morgan fingerprint density at radius 2 is 2.17 bits per heavy atom. The molecule has 1 rings (SSSR count). The second-order valence-electron chi connectivity index (χ2n) is 5.13. The molecule has 1 aliphatic rings. The number of urea groups is 1. The minimum atomic E-state index is -0.500. The maximum Gasteiger partial charge on any atom is 0.312 e. The van der Waals surface area contributed by atoms with E-state index in [9.17, 15) is 9.59 Å². The number of nitrogens with zero attached hydrogens (tertiary/aromatic N) is 1. The van der Waals surface area contributed by atoms with Crippen LogP contribution in [0.1, 0.15) is 26.7 Å². The predicted octanol–water partition coefficient (Wildman–Crippen LogP) is -0.109. The quantitative estimate of drug-likeness (QED) is 0.641. The number of piperidine rings is 1. The first kappa shape index (κ1) is 14.8. The van der Waals surface area contributed by atoms with Gasteiger partial charge in [-0.25, -0.2) is 4.79 Å². The largest absolute Gasteiger partial charge is 0.352 e. The Balaban J connectivity index is 2.33. The van der Waals surface area contributed by atoms with Gasteiger partial charge in [0, 0.05) is 25.7 Å². The zero-order valence-corrected chi connectivity index (χ0v) is 11.2. The van der Waals surface area contributed by atoms with Gasteiger partial charge in [-0.05, 0) is 18.8 Å². The topological polar surface area (TPSA) is 87.5 Å². The van der Waals surface area contributed by atoms with E-state index < -0.39 is 6.03 Å². The average Bonchev–Trinajstić information content (AvgIpc) is 2.33. The van der Waals surface area contributed by atoms with Crippen LogP contribution in [0.25, 0.3) is 0 Å². The van der Waals surface area contributed by atoms with Crippen molar-refractivity contribution in [3.8, 4) is 0 Å². The van der Waals surface area contributed by atoms with Crippen LogP contribution >= 0.6 is 0 Å². The molecule has 0 aromatic heterocycles. The highest BCUT2D eigenvalue weighted by molar-refractivity contribution is 5.78. The summed E-state index contributed by atoms with van der Waals surface area (Å²) in [7, 11) is 0. The van der Waals surface area contributed by atoms with Crippen LogP contribution in [0.5, 0.6) is 0 Å². The third-order valence-corrected chi connectivity index (χ3v) is 3.10. The predicted molar refractivity (Wildman–Crippen MR) is 70.0 cm³/mol. The van der Waals surface area contributed by atoms with Crippen LogP contribution in [-0.4, -0.2) is 49.1 Å². The lowest BCUT2D eigenvalue weighted by molar-refractivity contribution is -0.132. The standard InChI is InChI=1S/C12H24N4O2/c1-9(2)14-7-11(17)16-5-3-4-10(8-16)6-15-12(13)18/h9-10,14H,3-8H2,1-2H3,(H3,13,15,18). The van der Waals surface area contributed by atoms with Gasteiger partial charge in [0.2, 0.25) is 5.91 Å². The van der Waals surface area contributed by atoms with Gasteiger partial charge in [0.05, 0.1) is 6.54 Å². The molecule has 4 N–H and O–H groups in total. The van der Waals surface area contributed by atoms with Gasteiger partial charge in [-0.3, -0.25) is 4.79 Å². The van der Waals surface area contributed by atoms with Crippen LogP contribution < -0.4 is 16.4 Å². The molecule has 1 fully saturated rings. The molecule has 1 aliphatic heterocycles. The van der Waals surface area contributed by atoms with E-state index in [0.29, 0.717) is 31.6 Å². The van der Waals surface area contributed by atoms with Crippen LogP contribution in [0.15, 0.2) is 0 Å². The van der Waals surface area contributed by atoms with E-state index in [2.05, 4.69) is 10.6 Å². The summed E-state index contributed by atoms with van der Waals surface area (Å²) in [4.78, 5) is 24.5. The van der Waals surface area contributed by atoms with E-state index in [1.807, 2.05) is 18.7 Å². The Bertz CT molecular complexity index is 294. The number of nitrogens with two attached hydrogens (primary N) is 1. The van der Waals surface area contributed by atoms with Gasteiger partial charge in [-0.15, -0.1) is 0 Å². The van der Waals surface area contributed by atoms with E-state index in [4.69, 9.17) is 5.73 Å². The highest BCUT2D eigenvalue weighted by Gasteiger charge is 2.23. The summed E-state index contributed by atoms with van der Waals surface area (Å²) in [5.41, 5.74) is 5.04. The molecule has 0 bridgehead atoms. The summed E-state index contributed by atoms with van der Waals surface area (Å²) in [6, 6.07) is -0.189. The molecule has 0 aromatic carbocycles. The van der Waals surface area contributed by atoms with Gasteiger partial charge >= 0.3 is 6.03 Å². The van der Waals surface area contributed by atoms with Gasteiger partial charge in [-0.1, -0.05) is 13.8 Å². The third kappa shape index (κ3) is 5.35. The number of carbonyl (C=O) groups is 2. The second-order valence-corrected chi connectivity index (χ2v) is 5.13. The van der Waals surface area contributed by atoms with Gasteiger partial charge in [0.1, 0.15) is 0 Å². The Labute approximate surface area is 108 Å². The van der Waals surface area contributed by atoms with E-state index >= 15 is 0 Å². The molecule has 3 amide bonds. The second kappa shape index (κ2) is 7.20. The highest BCUT2D eigenvalue weighted by Crippen LogP contribution is 2.15. The molecular formula is C12H24N4O2. The first-order valence-corrected chi connectivity index (χ1v) is 6.53. The zero-order chi connectivity index (χ0) is 13.5. The first-order valence-electron chi connectivity index (χ1n) is 6.53. The minimum absolute atomic E-state index is 0.132. The van der Waals surface area contributed by atoms with Crippen molar-refractivity contribution in [2.45, 2.75) is 32.7 Å². The maximum absolute atomic E-state index is 11.9. The van der Waals surface area contributed by atoms with Crippen molar-refractivity contribution >= 4 is 11.9 Å². The van der Waals surface area contributed by atoms with Crippen LogP contribution in [0.3, 0.4) is 0 Å². The number of rotatable bonds is 5. The lowest BCUT2D eigenvalue weighted by Gasteiger charge is -2.33. The van der Waals surface area contributed by atoms with Crippen LogP contribution in [-0.2, 0) is 4.79 Å². The summed E-state index contributed by atoms with van der Waals surface area (Å²) in [5.74, 6) is 0.446. The molecule has 1 atom stereocenters.